The van der Waals surface area contributed by atoms with Gasteiger partial charge in [-0.15, -0.1) is 13.2 Å². The van der Waals surface area contributed by atoms with E-state index in [1.54, 1.807) is 38.1 Å². The zero-order chi connectivity index (χ0) is 20.7. The highest BCUT2D eigenvalue weighted by Gasteiger charge is 2.31. The fourth-order valence-electron chi connectivity index (χ4n) is 3.16. The molecule has 0 aliphatic rings. The van der Waals surface area contributed by atoms with Gasteiger partial charge in [0.05, 0.1) is 25.0 Å². The van der Waals surface area contributed by atoms with Crippen LogP contribution in [0.1, 0.15) is 36.8 Å². The molecule has 0 fully saturated rings. The Morgan fingerprint density at radius 1 is 0.893 bits per heavy atom. The van der Waals surface area contributed by atoms with Crippen molar-refractivity contribution in [1.29, 1.82) is 0 Å². The van der Waals surface area contributed by atoms with Crippen molar-refractivity contribution in [2.45, 2.75) is 25.7 Å². The molecule has 2 aromatic rings. The lowest BCUT2D eigenvalue weighted by molar-refractivity contribution is -0.120. The molecule has 0 bridgehead atoms. The third-order valence-corrected chi connectivity index (χ3v) is 4.38. The van der Waals surface area contributed by atoms with E-state index in [9.17, 15) is 15.0 Å². The smallest absolute Gasteiger partial charge is 0.165 e. The van der Waals surface area contributed by atoms with Crippen molar-refractivity contribution in [3.8, 4) is 23.0 Å². The number of carbonyl (C=O) groups is 1. The molecule has 0 aromatic heterocycles. The van der Waals surface area contributed by atoms with Gasteiger partial charge in [-0.1, -0.05) is 36.4 Å². The second-order valence-electron chi connectivity index (χ2n) is 6.09. The minimum absolute atomic E-state index is 0.0403. The quantitative estimate of drug-likeness (QED) is 0.582. The van der Waals surface area contributed by atoms with Gasteiger partial charge >= 0.3 is 0 Å². The summed E-state index contributed by atoms with van der Waals surface area (Å²) in [7, 11) is 0. The SMILES string of the molecule is C=CC(C(=O)C(C=C)c1cccc(O)c1OCC)c1cccc(O)c1OCC. The number of rotatable bonds is 10. The van der Waals surface area contributed by atoms with Crippen LogP contribution in [0.4, 0.5) is 0 Å². The molecule has 0 aliphatic heterocycles. The average molecular weight is 382 g/mol. The first-order chi connectivity index (χ1) is 13.5. The minimum Gasteiger partial charge on any atom is -0.504 e. The van der Waals surface area contributed by atoms with E-state index in [-0.39, 0.29) is 28.8 Å². The predicted molar refractivity (Wildman–Crippen MR) is 109 cm³/mol. The van der Waals surface area contributed by atoms with Crippen LogP contribution in [0, 0.1) is 0 Å². The molecule has 2 rings (SSSR count). The summed E-state index contributed by atoms with van der Waals surface area (Å²) in [6.07, 6.45) is 3.03. The van der Waals surface area contributed by atoms with E-state index in [0.29, 0.717) is 24.3 Å². The first-order valence-electron chi connectivity index (χ1n) is 9.18. The maximum absolute atomic E-state index is 13.4. The van der Waals surface area contributed by atoms with Gasteiger partial charge in [0.15, 0.2) is 28.8 Å². The van der Waals surface area contributed by atoms with Crippen LogP contribution in [-0.4, -0.2) is 29.2 Å². The zero-order valence-electron chi connectivity index (χ0n) is 16.2. The van der Waals surface area contributed by atoms with E-state index < -0.39 is 11.8 Å². The van der Waals surface area contributed by atoms with Crippen LogP contribution in [-0.2, 0) is 4.79 Å². The Bertz CT molecular complexity index is 787. The number of aromatic hydroxyl groups is 2. The summed E-state index contributed by atoms with van der Waals surface area (Å²) >= 11 is 0. The van der Waals surface area contributed by atoms with Crippen LogP contribution in [0.5, 0.6) is 23.0 Å². The molecule has 0 spiro atoms. The number of ether oxygens (including phenoxy) is 2. The average Bonchev–Trinajstić information content (AvgIpc) is 2.68. The lowest BCUT2D eigenvalue weighted by Gasteiger charge is -2.23. The standard InChI is InChI=1S/C23H26O5/c1-5-15(17-11-9-13-19(24)22(17)27-7-3)21(26)16(6-2)18-12-10-14-20(25)23(18)28-8-4/h5-6,9-16,24-25H,1-2,7-8H2,3-4H3. The number of ketones is 1. The molecule has 2 unspecified atom stereocenters. The van der Waals surface area contributed by atoms with Gasteiger partial charge in [0.1, 0.15) is 0 Å². The number of hydrogen-bond acceptors (Lipinski definition) is 5. The van der Waals surface area contributed by atoms with Gasteiger partial charge in [-0.3, -0.25) is 4.79 Å². The molecule has 28 heavy (non-hydrogen) atoms. The fourth-order valence-corrected chi connectivity index (χ4v) is 3.16. The lowest BCUT2D eigenvalue weighted by atomic mass is 9.83. The van der Waals surface area contributed by atoms with E-state index in [0.717, 1.165) is 0 Å². The number of phenols is 2. The van der Waals surface area contributed by atoms with Crippen molar-refractivity contribution < 1.29 is 24.5 Å². The van der Waals surface area contributed by atoms with Crippen molar-refractivity contribution in [3.05, 3.63) is 72.8 Å². The Morgan fingerprint density at radius 2 is 1.29 bits per heavy atom. The summed E-state index contributed by atoms with van der Waals surface area (Å²) in [5.41, 5.74) is 1.04. The first-order valence-corrected chi connectivity index (χ1v) is 9.18. The van der Waals surface area contributed by atoms with Gasteiger partial charge in [0, 0.05) is 11.1 Å². The number of phenolic OH excluding ortho intramolecular Hbond substituents is 2. The number of carbonyl (C=O) groups excluding carboxylic acids is 1. The second-order valence-corrected chi connectivity index (χ2v) is 6.09. The highest BCUT2D eigenvalue weighted by molar-refractivity contribution is 5.96. The maximum Gasteiger partial charge on any atom is 0.165 e. The molecule has 2 atom stereocenters. The summed E-state index contributed by atoms with van der Waals surface area (Å²) in [5.74, 6) is -1.27. The van der Waals surface area contributed by atoms with Crippen LogP contribution in [0.2, 0.25) is 0 Å². The number of para-hydroxylation sites is 2. The Labute approximate surface area is 165 Å². The molecule has 2 N–H and O–H groups in total. The van der Waals surface area contributed by atoms with E-state index in [2.05, 4.69) is 13.2 Å². The van der Waals surface area contributed by atoms with Crippen LogP contribution < -0.4 is 9.47 Å². The third-order valence-electron chi connectivity index (χ3n) is 4.38. The van der Waals surface area contributed by atoms with Crippen molar-refractivity contribution >= 4 is 5.78 Å². The molecular formula is C23H26O5. The van der Waals surface area contributed by atoms with Crippen molar-refractivity contribution in [2.75, 3.05) is 13.2 Å². The van der Waals surface area contributed by atoms with Gasteiger partial charge in [0.25, 0.3) is 0 Å². The molecule has 0 saturated heterocycles. The molecule has 0 aliphatic carbocycles. The van der Waals surface area contributed by atoms with Crippen LogP contribution in [0.25, 0.3) is 0 Å². The first kappa shape index (κ1) is 21.1. The summed E-state index contributed by atoms with van der Waals surface area (Å²) < 4.78 is 11.1. The molecule has 0 heterocycles. The van der Waals surface area contributed by atoms with Crippen LogP contribution in [0.3, 0.4) is 0 Å². The molecule has 0 saturated carbocycles. The predicted octanol–water partition coefficient (Wildman–Crippen LogP) is 4.70. The highest BCUT2D eigenvalue weighted by Crippen LogP contribution is 2.41. The monoisotopic (exact) mass is 382 g/mol. The van der Waals surface area contributed by atoms with Crippen molar-refractivity contribution in [3.63, 3.8) is 0 Å². The van der Waals surface area contributed by atoms with E-state index in [1.807, 2.05) is 0 Å². The van der Waals surface area contributed by atoms with E-state index in [4.69, 9.17) is 9.47 Å². The maximum atomic E-state index is 13.4. The van der Waals surface area contributed by atoms with Gasteiger partial charge < -0.3 is 19.7 Å². The summed E-state index contributed by atoms with van der Waals surface area (Å²) in [6, 6.07) is 9.76. The Morgan fingerprint density at radius 3 is 1.61 bits per heavy atom. The Kier molecular flexibility index (Phi) is 7.27. The van der Waals surface area contributed by atoms with Crippen LogP contribution >= 0.6 is 0 Å². The largest absolute Gasteiger partial charge is 0.504 e. The molecule has 148 valence electrons. The normalized spacial score (nSPS) is 12.6. The molecule has 5 nitrogen and oxygen atoms in total. The summed E-state index contributed by atoms with van der Waals surface area (Å²) in [5, 5.41) is 20.3. The van der Waals surface area contributed by atoms with E-state index in [1.165, 1.54) is 24.3 Å². The minimum atomic E-state index is -0.742. The topological polar surface area (TPSA) is 76.0 Å². The molecule has 0 radical (unpaired) electrons. The lowest BCUT2D eigenvalue weighted by Crippen LogP contribution is -2.19. The van der Waals surface area contributed by atoms with Gasteiger partial charge in [-0.2, -0.15) is 0 Å². The Balaban J connectivity index is 2.53. The number of hydrogen-bond donors (Lipinski definition) is 2. The van der Waals surface area contributed by atoms with Gasteiger partial charge in [0.2, 0.25) is 0 Å². The van der Waals surface area contributed by atoms with Gasteiger partial charge in [-0.25, -0.2) is 0 Å². The van der Waals surface area contributed by atoms with Crippen LogP contribution in [0.15, 0.2) is 61.7 Å². The molecule has 5 heteroatoms. The highest BCUT2D eigenvalue weighted by atomic mass is 16.5. The van der Waals surface area contributed by atoms with Crippen molar-refractivity contribution in [2.24, 2.45) is 0 Å². The van der Waals surface area contributed by atoms with Crippen molar-refractivity contribution in [1.82, 2.24) is 0 Å². The zero-order valence-corrected chi connectivity index (χ0v) is 16.2. The van der Waals surface area contributed by atoms with E-state index >= 15 is 0 Å². The Hall–Kier alpha value is -3.21. The molecular weight excluding hydrogens is 356 g/mol. The second kappa shape index (κ2) is 9.65. The summed E-state index contributed by atoms with van der Waals surface area (Å²) in [4.78, 5) is 13.4. The van der Waals surface area contributed by atoms with Gasteiger partial charge in [-0.05, 0) is 26.0 Å². The molecule has 2 aromatic carbocycles. The number of Topliss-reactive ketones (excluding diaryl/α,β-unsaturated/α-hetero) is 1. The number of benzene rings is 2. The molecule has 0 amide bonds. The third kappa shape index (κ3) is 4.19. The summed E-state index contributed by atoms with van der Waals surface area (Å²) in [6.45, 7) is 11.9. The fraction of sp³-hybridized carbons (Fsp3) is 0.261. The number of allylic oxidation sites excluding steroid dienone is 2.